The van der Waals surface area contributed by atoms with E-state index in [0.29, 0.717) is 25.9 Å². The average molecular weight is 311 g/mol. The first-order valence-electron chi connectivity index (χ1n) is 7.40. The second kappa shape index (κ2) is 7.33. The lowest BCUT2D eigenvalue weighted by atomic mass is 9.97. The summed E-state index contributed by atoms with van der Waals surface area (Å²) in [5.74, 6) is -2.53. The van der Waals surface area contributed by atoms with Crippen LogP contribution in [0.5, 0.6) is 0 Å². The zero-order chi connectivity index (χ0) is 16.1. The standard InChI is InChI=1S/C16H19F2NO3/c17-13-4-1-5-14(18)12(13)10-15(20)19-7-2-3-11(6-8-19)9-16(21)22/h1,4-5,11H,2-3,6-10H2,(H,21,22)/t11-/m0/s1. The van der Waals surface area contributed by atoms with Crippen LogP contribution in [-0.2, 0) is 16.0 Å². The zero-order valence-corrected chi connectivity index (χ0v) is 12.2. The Hall–Kier alpha value is -1.98. The monoisotopic (exact) mass is 311 g/mol. The highest BCUT2D eigenvalue weighted by Gasteiger charge is 2.23. The maximum atomic E-state index is 13.6. The first-order valence-corrected chi connectivity index (χ1v) is 7.40. The molecule has 1 fully saturated rings. The second-order valence-corrected chi connectivity index (χ2v) is 5.65. The van der Waals surface area contributed by atoms with Gasteiger partial charge in [0.25, 0.3) is 0 Å². The maximum Gasteiger partial charge on any atom is 0.303 e. The SMILES string of the molecule is O=C(O)C[C@H]1CCCN(C(=O)Cc2c(F)cccc2F)CC1. The predicted molar refractivity (Wildman–Crippen MR) is 76.2 cm³/mol. The van der Waals surface area contributed by atoms with Gasteiger partial charge in [0.15, 0.2) is 0 Å². The molecule has 0 bridgehead atoms. The van der Waals surface area contributed by atoms with E-state index < -0.39 is 17.6 Å². The van der Waals surface area contributed by atoms with Crippen LogP contribution in [0.4, 0.5) is 8.78 Å². The van der Waals surface area contributed by atoms with Crippen molar-refractivity contribution < 1.29 is 23.5 Å². The normalized spacial score (nSPS) is 18.8. The van der Waals surface area contributed by atoms with Crippen molar-refractivity contribution in [3.63, 3.8) is 0 Å². The topological polar surface area (TPSA) is 57.6 Å². The molecular weight excluding hydrogens is 292 g/mol. The van der Waals surface area contributed by atoms with Crippen LogP contribution in [-0.4, -0.2) is 35.0 Å². The predicted octanol–water partition coefficient (Wildman–Crippen LogP) is 2.61. The summed E-state index contributed by atoms with van der Waals surface area (Å²) in [6, 6.07) is 3.54. The third kappa shape index (κ3) is 4.26. The lowest BCUT2D eigenvalue weighted by Crippen LogP contribution is -2.33. The Morgan fingerprint density at radius 1 is 1.18 bits per heavy atom. The number of carbonyl (C=O) groups excluding carboxylic acids is 1. The van der Waals surface area contributed by atoms with Gasteiger partial charge in [-0.15, -0.1) is 0 Å². The molecule has 120 valence electrons. The van der Waals surface area contributed by atoms with Crippen molar-refractivity contribution in [2.45, 2.75) is 32.1 Å². The molecule has 0 spiro atoms. The van der Waals surface area contributed by atoms with E-state index in [0.717, 1.165) is 18.6 Å². The number of carboxylic acids is 1. The lowest BCUT2D eigenvalue weighted by molar-refractivity contribution is -0.138. The third-order valence-corrected chi connectivity index (χ3v) is 4.05. The van der Waals surface area contributed by atoms with E-state index in [1.54, 1.807) is 4.90 Å². The molecule has 1 heterocycles. The Kier molecular flexibility index (Phi) is 5.46. The van der Waals surface area contributed by atoms with Gasteiger partial charge < -0.3 is 10.0 Å². The number of carbonyl (C=O) groups is 2. The Balaban J connectivity index is 1.97. The molecule has 1 aliphatic rings. The fourth-order valence-corrected chi connectivity index (χ4v) is 2.83. The van der Waals surface area contributed by atoms with Crippen molar-refractivity contribution in [2.75, 3.05) is 13.1 Å². The molecule has 0 saturated carbocycles. The number of hydrogen-bond acceptors (Lipinski definition) is 2. The fraction of sp³-hybridized carbons (Fsp3) is 0.500. The maximum absolute atomic E-state index is 13.6. The van der Waals surface area contributed by atoms with E-state index in [9.17, 15) is 18.4 Å². The molecule has 1 aromatic rings. The van der Waals surface area contributed by atoms with E-state index in [1.165, 1.54) is 6.07 Å². The molecule has 4 nitrogen and oxygen atoms in total. The highest BCUT2D eigenvalue weighted by molar-refractivity contribution is 5.79. The number of hydrogen-bond donors (Lipinski definition) is 1. The van der Waals surface area contributed by atoms with Gasteiger partial charge in [-0.2, -0.15) is 0 Å². The lowest BCUT2D eigenvalue weighted by Gasteiger charge is -2.21. The number of carboxylic acid groups (broad SMARTS) is 1. The molecule has 1 aromatic carbocycles. The third-order valence-electron chi connectivity index (χ3n) is 4.05. The van der Waals surface area contributed by atoms with E-state index in [4.69, 9.17) is 5.11 Å². The van der Waals surface area contributed by atoms with Crippen LogP contribution < -0.4 is 0 Å². The quantitative estimate of drug-likeness (QED) is 0.930. The molecule has 22 heavy (non-hydrogen) atoms. The van der Waals surface area contributed by atoms with Gasteiger partial charge in [0.2, 0.25) is 5.91 Å². The average Bonchev–Trinajstić information content (AvgIpc) is 2.68. The molecule has 1 saturated heterocycles. The number of amides is 1. The summed E-state index contributed by atoms with van der Waals surface area (Å²) in [6.45, 7) is 0.942. The first-order chi connectivity index (χ1) is 10.5. The highest BCUT2D eigenvalue weighted by Crippen LogP contribution is 2.22. The van der Waals surface area contributed by atoms with Crippen molar-refractivity contribution in [3.05, 3.63) is 35.4 Å². The minimum absolute atomic E-state index is 0.0560. The van der Waals surface area contributed by atoms with Crippen LogP contribution in [0, 0.1) is 17.6 Å². The minimum atomic E-state index is -0.835. The van der Waals surface area contributed by atoms with Gasteiger partial charge in [-0.1, -0.05) is 6.07 Å². The number of aliphatic carboxylic acids is 1. The zero-order valence-electron chi connectivity index (χ0n) is 12.2. The molecule has 0 radical (unpaired) electrons. The number of likely N-dealkylation sites (tertiary alicyclic amines) is 1. The molecule has 1 atom stereocenters. The van der Waals surface area contributed by atoms with Crippen LogP contribution in [0.2, 0.25) is 0 Å². The second-order valence-electron chi connectivity index (χ2n) is 5.65. The van der Waals surface area contributed by atoms with Crippen LogP contribution >= 0.6 is 0 Å². The van der Waals surface area contributed by atoms with Crippen LogP contribution in [0.1, 0.15) is 31.2 Å². The van der Waals surface area contributed by atoms with E-state index in [2.05, 4.69) is 0 Å². The van der Waals surface area contributed by atoms with Crippen molar-refractivity contribution in [2.24, 2.45) is 5.92 Å². The van der Waals surface area contributed by atoms with E-state index >= 15 is 0 Å². The van der Waals surface area contributed by atoms with Gasteiger partial charge in [-0.05, 0) is 37.3 Å². The Bertz CT molecular complexity index is 542. The van der Waals surface area contributed by atoms with Crippen LogP contribution in [0.3, 0.4) is 0 Å². The summed E-state index contributed by atoms with van der Waals surface area (Å²) in [5.41, 5.74) is -0.209. The molecule has 0 aromatic heterocycles. The largest absolute Gasteiger partial charge is 0.481 e. The van der Waals surface area contributed by atoms with E-state index in [1.807, 2.05) is 0 Å². The van der Waals surface area contributed by atoms with Crippen molar-refractivity contribution in [1.82, 2.24) is 4.90 Å². The Morgan fingerprint density at radius 3 is 2.50 bits per heavy atom. The summed E-state index contributed by atoms with van der Waals surface area (Å²) in [5, 5.41) is 8.82. The fourth-order valence-electron chi connectivity index (χ4n) is 2.83. The molecule has 0 aliphatic carbocycles. The van der Waals surface area contributed by atoms with Crippen LogP contribution in [0.15, 0.2) is 18.2 Å². The summed E-state index contributed by atoms with van der Waals surface area (Å²) < 4.78 is 27.2. The van der Waals surface area contributed by atoms with Crippen molar-refractivity contribution >= 4 is 11.9 Å². The molecule has 1 aliphatic heterocycles. The number of halogens is 2. The molecule has 2 rings (SSSR count). The summed E-state index contributed by atoms with van der Waals surface area (Å²) in [7, 11) is 0. The van der Waals surface area contributed by atoms with Gasteiger partial charge in [-0.25, -0.2) is 8.78 Å². The van der Waals surface area contributed by atoms with Crippen molar-refractivity contribution in [3.8, 4) is 0 Å². The first kappa shape index (κ1) is 16.4. The molecule has 0 unspecified atom stereocenters. The molecule has 6 heteroatoms. The Labute approximate surface area is 127 Å². The minimum Gasteiger partial charge on any atom is -0.481 e. The van der Waals surface area contributed by atoms with Crippen molar-refractivity contribution in [1.29, 1.82) is 0 Å². The smallest absolute Gasteiger partial charge is 0.303 e. The van der Waals surface area contributed by atoms with Gasteiger partial charge in [0.05, 0.1) is 6.42 Å². The van der Waals surface area contributed by atoms with Gasteiger partial charge >= 0.3 is 5.97 Å². The Morgan fingerprint density at radius 2 is 1.86 bits per heavy atom. The van der Waals surface area contributed by atoms with Crippen LogP contribution in [0.25, 0.3) is 0 Å². The number of nitrogens with zero attached hydrogens (tertiary/aromatic N) is 1. The molecule has 1 N–H and O–H groups in total. The van der Waals surface area contributed by atoms with Gasteiger partial charge in [0.1, 0.15) is 11.6 Å². The van der Waals surface area contributed by atoms with Gasteiger partial charge in [0, 0.05) is 25.1 Å². The molecule has 1 amide bonds. The molecular formula is C16H19F2NO3. The summed E-state index contributed by atoms with van der Waals surface area (Å²) in [4.78, 5) is 24.6. The summed E-state index contributed by atoms with van der Waals surface area (Å²) >= 11 is 0. The van der Waals surface area contributed by atoms with E-state index in [-0.39, 0.29) is 30.2 Å². The number of benzene rings is 1. The number of rotatable bonds is 4. The summed E-state index contributed by atoms with van der Waals surface area (Å²) in [6.07, 6.45) is 1.87. The van der Waals surface area contributed by atoms with Gasteiger partial charge in [-0.3, -0.25) is 9.59 Å². The highest BCUT2D eigenvalue weighted by atomic mass is 19.1.